The molecule has 2 N–H and O–H groups in total. The number of anilines is 1. The molecule has 1 aromatic heterocycles. The van der Waals surface area contributed by atoms with Crippen LogP contribution < -0.4 is 5.32 Å². The van der Waals surface area contributed by atoms with Crippen LogP contribution in [0.1, 0.15) is 29.7 Å². The van der Waals surface area contributed by atoms with Gasteiger partial charge in [0.25, 0.3) is 0 Å². The third kappa shape index (κ3) is 3.67. The van der Waals surface area contributed by atoms with Gasteiger partial charge in [-0.2, -0.15) is 26.3 Å². The van der Waals surface area contributed by atoms with Crippen molar-refractivity contribution < 1.29 is 26.3 Å². The first-order valence-electron chi connectivity index (χ1n) is 8.96. The maximum absolute atomic E-state index is 13.4. The zero-order valence-electron chi connectivity index (χ0n) is 15.5. The summed E-state index contributed by atoms with van der Waals surface area (Å²) < 4.78 is 79.2. The van der Waals surface area contributed by atoms with Crippen molar-refractivity contribution in [2.24, 2.45) is 0 Å². The van der Waals surface area contributed by atoms with Gasteiger partial charge < -0.3 is 10.3 Å². The van der Waals surface area contributed by atoms with Crippen LogP contribution >= 0.6 is 0 Å². The molecule has 0 saturated heterocycles. The second-order valence-electron chi connectivity index (χ2n) is 6.94. The molecule has 0 bridgehead atoms. The first-order valence-corrected chi connectivity index (χ1v) is 8.96. The molecular weight excluding hydrogens is 408 g/mol. The largest absolute Gasteiger partial charge is 0.418 e. The lowest BCUT2D eigenvalue weighted by Gasteiger charge is -2.16. The van der Waals surface area contributed by atoms with E-state index in [4.69, 9.17) is 0 Å². The number of halogens is 6. The Bertz CT molecular complexity index is 1220. The van der Waals surface area contributed by atoms with E-state index in [2.05, 4.69) is 15.3 Å². The lowest BCUT2D eigenvalue weighted by Crippen LogP contribution is -2.11. The molecule has 156 valence electrons. The monoisotopic (exact) mass is 423 g/mol. The molecular formula is C21H15F6N3. The van der Waals surface area contributed by atoms with Crippen LogP contribution in [0.3, 0.4) is 0 Å². The van der Waals surface area contributed by atoms with Crippen molar-refractivity contribution in [1.82, 2.24) is 9.97 Å². The predicted octanol–water partition coefficient (Wildman–Crippen LogP) is 6.93. The Morgan fingerprint density at radius 3 is 2.30 bits per heavy atom. The molecule has 1 heterocycles. The molecule has 30 heavy (non-hydrogen) atoms. The van der Waals surface area contributed by atoms with Crippen LogP contribution in [0.2, 0.25) is 0 Å². The minimum absolute atomic E-state index is 0.0461. The van der Waals surface area contributed by atoms with E-state index in [0.717, 1.165) is 16.3 Å². The number of hydrogen-bond donors (Lipinski definition) is 2. The van der Waals surface area contributed by atoms with Gasteiger partial charge in [-0.05, 0) is 35.4 Å². The molecule has 0 saturated carbocycles. The normalized spacial score (nSPS) is 13.7. The number of nitrogens with zero attached hydrogens (tertiary/aromatic N) is 1. The van der Waals surface area contributed by atoms with Crippen molar-refractivity contribution in [2.75, 3.05) is 5.32 Å². The summed E-state index contributed by atoms with van der Waals surface area (Å²) in [5, 5.41) is 4.90. The van der Waals surface area contributed by atoms with Crippen LogP contribution in [-0.4, -0.2) is 9.97 Å². The van der Waals surface area contributed by atoms with E-state index < -0.39 is 29.0 Å². The highest BCUT2D eigenvalue weighted by Crippen LogP contribution is 2.40. The Hall–Kier alpha value is -3.23. The molecule has 0 radical (unpaired) electrons. The molecule has 0 spiro atoms. The van der Waals surface area contributed by atoms with Gasteiger partial charge in [0.05, 0.1) is 22.7 Å². The van der Waals surface area contributed by atoms with Crippen molar-refractivity contribution in [2.45, 2.75) is 25.3 Å². The van der Waals surface area contributed by atoms with E-state index in [1.54, 1.807) is 6.92 Å². The second kappa shape index (κ2) is 6.93. The van der Waals surface area contributed by atoms with Crippen molar-refractivity contribution in [1.29, 1.82) is 0 Å². The summed E-state index contributed by atoms with van der Waals surface area (Å²) in [6.45, 7) is 1.79. The maximum atomic E-state index is 13.4. The smallest absolute Gasteiger partial charge is 0.349 e. The summed E-state index contributed by atoms with van der Waals surface area (Å²) in [6.07, 6.45) is -9.89. The number of alkyl halides is 6. The van der Waals surface area contributed by atoms with Gasteiger partial charge in [0, 0.05) is 0 Å². The first-order chi connectivity index (χ1) is 14.0. The van der Waals surface area contributed by atoms with E-state index in [0.29, 0.717) is 6.07 Å². The summed E-state index contributed by atoms with van der Waals surface area (Å²) in [5.41, 5.74) is -2.86. The number of aromatic amines is 1. The Morgan fingerprint density at radius 1 is 0.900 bits per heavy atom. The van der Waals surface area contributed by atoms with E-state index in [1.807, 2.05) is 42.5 Å². The molecule has 0 aliphatic rings. The number of rotatable bonds is 3. The SMILES string of the molecule is C[C@@H](Nc1nc2c(C(F)(F)F)cc(C(F)(F)F)cc2[nH]1)c1cccc2ccccc12. The number of H-pyrrole nitrogens is 1. The molecule has 9 heteroatoms. The third-order valence-corrected chi connectivity index (χ3v) is 4.86. The number of imidazole rings is 1. The minimum Gasteiger partial charge on any atom is -0.349 e. The summed E-state index contributed by atoms with van der Waals surface area (Å²) in [5.74, 6) is -0.0461. The summed E-state index contributed by atoms with van der Waals surface area (Å²) in [7, 11) is 0. The molecule has 4 rings (SSSR count). The predicted molar refractivity (Wildman–Crippen MR) is 102 cm³/mol. The Morgan fingerprint density at radius 2 is 1.60 bits per heavy atom. The number of nitrogens with one attached hydrogen (secondary N) is 2. The molecule has 4 aromatic rings. The number of benzene rings is 3. The van der Waals surface area contributed by atoms with Crippen molar-refractivity contribution in [3.05, 3.63) is 71.3 Å². The summed E-state index contributed by atoms with van der Waals surface area (Å²) in [6, 6.07) is 13.6. The zero-order chi connectivity index (χ0) is 21.7. The number of hydrogen-bond acceptors (Lipinski definition) is 2. The standard InChI is InChI=1S/C21H15F6N3/c1-11(14-8-4-6-12-5-2-3-7-15(12)14)28-19-29-17-10-13(20(22,23)24)9-16(18(17)30-19)21(25,26)27/h2-11H,1H3,(H2,28,29,30)/t11-/m1/s1. The van der Waals surface area contributed by atoms with Gasteiger partial charge in [-0.15, -0.1) is 0 Å². The van der Waals surface area contributed by atoms with E-state index >= 15 is 0 Å². The quantitative estimate of drug-likeness (QED) is 0.351. The lowest BCUT2D eigenvalue weighted by molar-refractivity contribution is -0.142. The van der Waals surface area contributed by atoms with Crippen LogP contribution in [0.5, 0.6) is 0 Å². The van der Waals surface area contributed by atoms with Crippen LogP contribution in [0.15, 0.2) is 54.6 Å². The third-order valence-electron chi connectivity index (χ3n) is 4.86. The Kier molecular flexibility index (Phi) is 4.63. The topological polar surface area (TPSA) is 40.7 Å². The van der Waals surface area contributed by atoms with Gasteiger partial charge in [-0.3, -0.25) is 0 Å². The van der Waals surface area contributed by atoms with Crippen LogP contribution in [0, 0.1) is 0 Å². The van der Waals surface area contributed by atoms with Gasteiger partial charge in [-0.25, -0.2) is 4.98 Å². The lowest BCUT2D eigenvalue weighted by atomic mass is 10.00. The van der Waals surface area contributed by atoms with Crippen LogP contribution in [0.25, 0.3) is 21.8 Å². The molecule has 0 aliphatic carbocycles. The fraction of sp³-hybridized carbons (Fsp3) is 0.190. The average Bonchev–Trinajstić information content (AvgIpc) is 3.07. The highest BCUT2D eigenvalue weighted by atomic mass is 19.4. The molecule has 3 aromatic carbocycles. The highest BCUT2D eigenvalue weighted by Gasteiger charge is 2.39. The number of aromatic nitrogens is 2. The minimum atomic E-state index is -4.98. The van der Waals surface area contributed by atoms with E-state index in [-0.39, 0.29) is 23.6 Å². The van der Waals surface area contributed by atoms with Gasteiger partial charge in [-0.1, -0.05) is 42.5 Å². The van der Waals surface area contributed by atoms with E-state index in [9.17, 15) is 26.3 Å². The van der Waals surface area contributed by atoms with Crippen molar-refractivity contribution >= 4 is 27.8 Å². The van der Waals surface area contributed by atoms with Crippen molar-refractivity contribution in [3.8, 4) is 0 Å². The second-order valence-corrected chi connectivity index (χ2v) is 6.94. The fourth-order valence-electron chi connectivity index (χ4n) is 3.48. The fourth-order valence-corrected chi connectivity index (χ4v) is 3.48. The Balaban J connectivity index is 1.76. The zero-order valence-corrected chi connectivity index (χ0v) is 15.5. The van der Waals surface area contributed by atoms with Crippen molar-refractivity contribution in [3.63, 3.8) is 0 Å². The molecule has 0 amide bonds. The van der Waals surface area contributed by atoms with Crippen LogP contribution in [0.4, 0.5) is 32.3 Å². The van der Waals surface area contributed by atoms with Gasteiger partial charge >= 0.3 is 12.4 Å². The van der Waals surface area contributed by atoms with E-state index in [1.165, 1.54) is 0 Å². The highest BCUT2D eigenvalue weighted by molar-refractivity contribution is 5.86. The molecule has 0 aliphatic heterocycles. The summed E-state index contributed by atoms with van der Waals surface area (Å²) in [4.78, 5) is 6.44. The molecule has 0 fully saturated rings. The average molecular weight is 423 g/mol. The van der Waals surface area contributed by atoms with Gasteiger partial charge in [0.2, 0.25) is 5.95 Å². The van der Waals surface area contributed by atoms with Gasteiger partial charge in [0.15, 0.2) is 0 Å². The molecule has 3 nitrogen and oxygen atoms in total. The van der Waals surface area contributed by atoms with Crippen LogP contribution in [-0.2, 0) is 12.4 Å². The maximum Gasteiger partial charge on any atom is 0.418 e. The Labute approximate surface area is 166 Å². The van der Waals surface area contributed by atoms with Gasteiger partial charge in [0.1, 0.15) is 5.52 Å². The molecule has 0 unspecified atom stereocenters. The first kappa shape index (κ1) is 20.1. The number of fused-ring (bicyclic) bond motifs is 2. The summed E-state index contributed by atoms with van der Waals surface area (Å²) >= 11 is 0. The molecule has 1 atom stereocenters.